The highest BCUT2D eigenvalue weighted by Crippen LogP contribution is 2.31. The molecule has 3 heteroatoms. The fourth-order valence-corrected chi connectivity index (χ4v) is 1.53. The first-order chi connectivity index (χ1) is 5.27. The van der Waals surface area contributed by atoms with E-state index in [1.165, 1.54) is 19.3 Å². The predicted octanol–water partition coefficient (Wildman–Crippen LogP) is 2.55. The van der Waals surface area contributed by atoms with Gasteiger partial charge in [-0.2, -0.15) is 5.10 Å². The first-order valence-corrected chi connectivity index (χ1v) is 4.63. The average molecular weight is 214 g/mol. The molecule has 0 atom stereocenters. The van der Waals surface area contributed by atoms with Crippen molar-refractivity contribution in [3.8, 4) is 0 Å². The monoisotopic (exact) mass is 213 g/mol. The van der Waals surface area contributed by atoms with Crippen LogP contribution in [0.2, 0.25) is 0 Å². The van der Waals surface area contributed by atoms with E-state index in [2.05, 4.69) is 28.0 Å². The van der Waals surface area contributed by atoms with E-state index in [4.69, 9.17) is 0 Å². The minimum atomic E-state index is 0.641. The molecule has 1 aliphatic rings. The van der Waals surface area contributed by atoms with Gasteiger partial charge >= 0.3 is 0 Å². The van der Waals surface area contributed by atoms with Crippen molar-refractivity contribution in [2.24, 2.45) is 0 Å². The molecule has 0 N–H and O–H groups in total. The second-order valence-electron chi connectivity index (χ2n) is 3.01. The van der Waals surface area contributed by atoms with Gasteiger partial charge in [0.2, 0.25) is 0 Å². The summed E-state index contributed by atoms with van der Waals surface area (Å²) in [5.74, 6) is 0. The summed E-state index contributed by atoms with van der Waals surface area (Å²) in [6, 6.07) is 0.641. The predicted molar refractivity (Wildman–Crippen MR) is 47.3 cm³/mol. The van der Waals surface area contributed by atoms with Crippen LogP contribution in [0.4, 0.5) is 0 Å². The Morgan fingerprint density at radius 3 is 2.73 bits per heavy atom. The van der Waals surface area contributed by atoms with Gasteiger partial charge in [-0.15, -0.1) is 0 Å². The van der Waals surface area contributed by atoms with Crippen LogP contribution in [0.1, 0.15) is 30.9 Å². The van der Waals surface area contributed by atoms with E-state index in [1.54, 1.807) is 0 Å². The Hall–Kier alpha value is -0.310. The van der Waals surface area contributed by atoms with E-state index in [0.717, 1.165) is 10.2 Å². The van der Waals surface area contributed by atoms with Gasteiger partial charge in [-0.1, -0.05) is 0 Å². The van der Waals surface area contributed by atoms with Gasteiger partial charge in [-0.05, 0) is 42.1 Å². The van der Waals surface area contributed by atoms with Crippen molar-refractivity contribution in [2.75, 3.05) is 0 Å². The normalized spacial score (nSPS) is 18.4. The van der Waals surface area contributed by atoms with Crippen LogP contribution in [-0.4, -0.2) is 9.78 Å². The van der Waals surface area contributed by atoms with E-state index < -0.39 is 0 Å². The van der Waals surface area contributed by atoms with E-state index in [1.807, 2.05) is 10.9 Å². The minimum absolute atomic E-state index is 0.641. The van der Waals surface area contributed by atoms with Gasteiger partial charge in [-0.3, -0.25) is 4.68 Å². The summed E-state index contributed by atoms with van der Waals surface area (Å²) in [5, 5.41) is 4.30. The van der Waals surface area contributed by atoms with Gasteiger partial charge in [-0.25, -0.2) is 0 Å². The summed E-state index contributed by atoms with van der Waals surface area (Å²) in [6.07, 6.45) is 5.89. The van der Waals surface area contributed by atoms with Crippen LogP contribution in [-0.2, 0) is 0 Å². The zero-order valence-corrected chi connectivity index (χ0v) is 7.84. The summed E-state index contributed by atoms with van der Waals surface area (Å²) in [5.41, 5.74) is 0.983. The lowest BCUT2D eigenvalue weighted by atomic mass is 9.93. The maximum Gasteiger partial charge on any atom is 0.131 e. The van der Waals surface area contributed by atoms with Gasteiger partial charge in [0.05, 0.1) is 6.04 Å². The quantitative estimate of drug-likeness (QED) is 0.702. The molecule has 1 aromatic heterocycles. The molecule has 0 bridgehead atoms. The number of aromatic nitrogens is 2. The zero-order valence-electron chi connectivity index (χ0n) is 6.26. The molecule has 1 aliphatic carbocycles. The molecule has 0 aliphatic heterocycles. The van der Waals surface area contributed by atoms with Gasteiger partial charge in [0.25, 0.3) is 0 Å². The largest absolute Gasteiger partial charge is 0.268 e. The first kappa shape index (κ1) is 7.35. The third-order valence-corrected chi connectivity index (χ3v) is 2.87. The van der Waals surface area contributed by atoms with Crippen LogP contribution in [0, 0.1) is 6.92 Å². The minimum Gasteiger partial charge on any atom is -0.268 e. The number of nitrogens with zero attached hydrogens (tertiary/aromatic N) is 2. The van der Waals surface area contributed by atoms with Gasteiger partial charge in [0, 0.05) is 11.8 Å². The van der Waals surface area contributed by atoms with Crippen molar-refractivity contribution in [3.63, 3.8) is 0 Å². The van der Waals surface area contributed by atoms with Gasteiger partial charge < -0.3 is 0 Å². The molecule has 0 saturated heterocycles. The fraction of sp³-hybridized carbons (Fsp3) is 0.500. The molecule has 1 radical (unpaired) electrons. The second kappa shape index (κ2) is 2.63. The Labute approximate surface area is 74.7 Å². The van der Waals surface area contributed by atoms with E-state index in [-0.39, 0.29) is 0 Å². The molecule has 1 aromatic rings. The maximum absolute atomic E-state index is 4.30. The summed E-state index contributed by atoms with van der Waals surface area (Å²) in [4.78, 5) is 0. The highest BCUT2D eigenvalue weighted by atomic mass is 79.9. The summed E-state index contributed by atoms with van der Waals surface area (Å²) in [6.45, 7) is 3.85. The number of rotatable bonds is 1. The average Bonchev–Trinajstić information content (AvgIpc) is 2.08. The van der Waals surface area contributed by atoms with Crippen molar-refractivity contribution >= 4 is 15.9 Å². The lowest BCUT2D eigenvalue weighted by Gasteiger charge is -2.25. The molecular formula is C8H10BrN2. The van der Waals surface area contributed by atoms with Crippen molar-refractivity contribution in [1.29, 1.82) is 0 Å². The highest BCUT2D eigenvalue weighted by Gasteiger charge is 2.20. The number of hydrogen-bond acceptors (Lipinski definition) is 1. The summed E-state index contributed by atoms with van der Waals surface area (Å²) >= 11 is 3.34. The van der Waals surface area contributed by atoms with E-state index in [9.17, 15) is 0 Å². The Morgan fingerprint density at radius 2 is 2.36 bits per heavy atom. The third-order valence-electron chi connectivity index (χ3n) is 2.21. The number of hydrogen-bond donors (Lipinski definition) is 0. The van der Waals surface area contributed by atoms with Gasteiger partial charge in [0.1, 0.15) is 4.60 Å². The van der Waals surface area contributed by atoms with Crippen LogP contribution in [0.15, 0.2) is 10.8 Å². The smallest absolute Gasteiger partial charge is 0.131 e. The van der Waals surface area contributed by atoms with Crippen molar-refractivity contribution in [3.05, 3.63) is 23.3 Å². The molecule has 1 saturated carbocycles. The molecule has 0 spiro atoms. The Morgan fingerprint density at radius 1 is 1.64 bits per heavy atom. The molecule has 0 amide bonds. The van der Waals surface area contributed by atoms with E-state index >= 15 is 0 Å². The Kier molecular flexibility index (Phi) is 1.75. The topological polar surface area (TPSA) is 17.8 Å². The fourth-order valence-electron chi connectivity index (χ4n) is 1.25. The Balaban J connectivity index is 2.24. The molecule has 1 fully saturated rings. The van der Waals surface area contributed by atoms with Crippen LogP contribution in [0.3, 0.4) is 0 Å². The molecule has 0 unspecified atom stereocenters. The van der Waals surface area contributed by atoms with Crippen molar-refractivity contribution < 1.29 is 0 Å². The Bertz CT molecular complexity index is 244. The first-order valence-electron chi connectivity index (χ1n) is 3.84. The maximum atomic E-state index is 4.30. The summed E-state index contributed by atoms with van der Waals surface area (Å²) in [7, 11) is 0. The standard InChI is InChI=1S/C8H10BrN2/c1-6-5-11(10-8(6)9)7-3-2-4-7/h5,7H,1-4H2. The number of halogens is 1. The molecular weight excluding hydrogens is 204 g/mol. The van der Waals surface area contributed by atoms with E-state index in [0.29, 0.717) is 6.04 Å². The van der Waals surface area contributed by atoms with Crippen LogP contribution >= 0.6 is 15.9 Å². The van der Waals surface area contributed by atoms with Crippen LogP contribution in [0.5, 0.6) is 0 Å². The molecule has 2 rings (SSSR count). The molecule has 11 heavy (non-hydrogen) atoms. The molecule has 0 aromatic carbocycles. The lowest BCUT2D eigenvalue weighted by molar-refractivity contribution is 0.288. The molecule has 1 heterocycles. The second-order valence-corrected chi connectivity index (χ2v) is 3.76. The summed E-state index contributed by atoms with van der Waals surface area (Å²) < 4.78 is 2.90. The molecule has 2 nitrogen and oxygen atoms in total. The van der Waals surface area contributed by atoms with Crippen molar-refractivity contribution in [2.45, 2.75) is 25.3 Å². The third kappa shape index (κ3) is 1.22. The SMILES string of the molecule is [CH2]c1cn(C2CCC2)nc1Br. The van der Waals surface area contributed by atoms with Crippen LogP contribution < -0.4 is 0 Å². The highest BCUT2D eigenvalue weighted by molar-refractivity contribution is 9.10. The van der Waals surface area contributed by atoms with Crippen LogP contribution in [0.25, 0.3) is 0 Å². The van der Waals surface area contributed by atoms with Gasteiger partial charge in [0.15, 0.2) is 0 Å². The zero-order chi connectivity index (χ0) is 7.84. The van der Waals surface area contributed by atoms with Crippen molar-refractivity contribution in [1.82, 2.24) is 9.78 Å². The molecule has 59 valence electrons. The lowest BCUT2D eigenvalue weighted by Crippen LogP contribution is -2.17.